The van der Waals surface area contributed by atoms with Gasteiger partial charge in [0.2, 0.25) is 0 Å². The van der Waals surface area contributed by atoms with Gasteiger partial charge in [-0.3, -0.25) is 4.79 Å². The van der Waals surface area contributed by atoms with E-state index >= 15 is 0 Å². The Bertz CT molecular complexity index is 615. The molecule has 0 radical (unpaired) electrons. The maximum absolute atomic E-state index is 11.4. The Balaban J connectivity index is 1.98. The van der Waals surface area contributed by atoms with Gasteiger partial charge in [-0.2, -0.15) is 0 Å². The van der Waals surface area contributed by atoms with Crippen LogP contribution in [0.5, 0.6) is 0 Å². The first kappa shape index (κ1) is 11.8. The number of rotatable bonds is 2. The van der Waals surface area contributed by atoms with E-state index in [1.807, 2.05) is 6.07 Å². The van der Waals surface area contributed by atoms with Crippen molar-refractivity contribution in [2.75, 3.05) is 5.32 Å². The van der Waals surface area contributed by atoms with Gasteiger partial charge < -0.3 is 15.4 Å². The van der Waals surface area contributed by atoms with E-state index in [0.717, 1.165) is 14.5 Å². The summed E-state index contributed by atoms with van der Waals surface area (Å²) >= 11 is 4.87. The fourth-order valence-corrected chi connectivity index (χ4v) is 3.12. The SMILES string of the molecule is O=C1Nc2cc(Sc3ncc[nH]3)c(Br)cc2C1O. The fraction of sp³-hybridized carbons (Fsp3) is 0.0909. The number of H-pyrrole nitrogens is 1. The predicted molar refractivity (Wildman–Crippen MR) is 70.4 cm³/mol. The molecule has 2 heterocycles. The van der Waals surface area contributed by atoms with Crippen LogP contribution in [0.3, 0.4) is 0 Å². The molecule has 1 aliphatic heterocycles. The van der Waals surface area contributed by atoms with E-state index < -0.39 is 12.0 Å². The van der Waals surface area contributed by atoms with Crippen molar-refractivity contribution in [3.8, 4) is 0 Å². The van der Waals surface area contributed by atoms with Crippen LogP contribution in [0.15, 0.2) is 39.1 Å². The molecule has 1 amide bonds. The summed E-state index contributed by atoms with van der Waals surface area (Å²) in [6, 6.07) is 3.57. The molecule has 3 N–H and O–H groups in total. The van der Waals surface area contributed by atoms with Crippen molar-refractivity contribution in [2.24, 2.45) is 0 Å². The summed E-state index contributed by atoms with van der Waals surface area (Å²) in [5.41, 5.74) is 1.24. The number of aromatic nitrogens is 2. The number of hydrogen-bond donors (Lipinski definition) is 3. The van der Waals surface area contributed by atoms with Crippen molar-refractivity contribution < 1.29 is 9.90 Å². The number of aromatic amines is 1. The number of nitrogens with one attached hydrogen (secondary N) is 2. The van der Waals surface area contributed by atoms with Crippen LogP contribution in [0.4, 0.5) is 5.69 Å². The molecular weight excluding hydrogens is 318 g/mol. The molecule has 7 heteroatoms. The predicted octanol–water partition coefficient (Wildman–Crippen LogP) is 2.31. The number of imidazole rings is 1. The maximum atomic E-state index is 11.4. The third-order valence-corrected chi connectivity index (χ3v) is 4.48. The van der Waals surface area contributed by atoms with E-state index in [4.69, 9.17) is 0 Å². The van der Waals surface area contributed by atoms with Gasteiger partial charge in [0.05, 0.1) is 0 Å². The van der Waals surface area contributed by atoms with Gasteiger partial charge in [0.15, 0.2) is 11.3 Å². The number of nitrogens with zero attached hydrogens (tertiary/aromatic N) is 1. The Morgan fingerprint density at radius 3 is 3.00 bits per heavy atom. The average Bonchev–Trinajstić information content (AvgIpc) is 2.92. The van der Waals surface area contributed by atoms with Crippen molar-refractivity contribution in [1.82, 2.24) is 9.97 Å². The summed E-state index contributed by atoms with van der Waals surface area (Å²) in [6.07, 6.45) is 2.34. The highest BCUT2D eigenvalue weighted by atomic mass is 79.9. The topological polar surface area (TPSA) is 78.0 Å². The van der Waals surface area contributed by atoms with Gasteiger partial charge in [0.1, 0.15) is 0 Å². The number of hydrogen-bond acceptors (Lipinski definition) is 4. The Hall–Kier alpha value is -1.31. The van der Waals surface area contributed by atoms with Crippen LogP contribution >= 0.6 is 27.7 Å². The molecule has 1 aliphatic rings. The zero-order chi connectivity index (χ0) is 12.7. The molecule has 0 bridgehead atoms. The largest absolute Gasteiger partial charge is 0.378 e. The molecule has 1 atom stereocenters. The second-order valence-corrected chi connectivity index (χ2v) is 5.64. The quantitative estimate of drug-likeness (QED) is 0.791. The molecule has 1 aromatic carbocycles. The minimum atomic E-state index is -1.08. The van der Waals surface area contributed by atoms with Crippen LogP contribution in [0.2, 0.25) is 0 Å². The Labute approximate surface area is 115 Å². The summed E-state index contributed by atoms with van der Waals surface area (Å²) in [5, 5.41) is 13.1. The van der Waals surface area contributed by atoms with Crippen LogP contribution < -0.4 is 5.32 Å². The van der Waals surface area contributed by atoms with Crippen LogP contribution in [0, 0.1) is 0 Å². The van der Waals surface area contributed by atoms with Crippen LogP contribution in [-0.4, -0.2) is 21.0 Å². The Morgan fingerprint density at radius 2 is 2.28 bits per heavy atom. The third-order valence-electron chi connectivity index (χ3n) is 2.58. The Morgan fingerprint density at radius 1 is 1.44 bits per heavy atom. The molecule has 0 saturated carbocycles. The van der Waals surface area contributed by atoms with Crippen molar-refractivity contribution >= 4 is 39.3 Å². The van der Waals surface area contributed by atoms with E-state index in [-0.39, 0.29) is 0 Å². The maximum Gasteiger partial charge on any atom is 0.257 e. The van der Waals surface area contributed by atoms with Gasteiger partial charge in [0.25, 0.3) is 5.91 Å². The van der Waals surface area contributed by atoms with Gasteiger partial charge >= 0.3 is 0 Å². The normalized spacial score (nSPS) is 17.7. The summed E-state index contributed by atoms with van der Waals surface area (Å²) < 4.78 is 0.818. The smallest absolute Gasteiger partial charge is 0.257 e. The van der Waals surface area contributed by atoms with Crippen LogP contribution in [0.1, 0.15) is 11.7 Å². The average molecular weight is 326 g/mol. The first-order valence-corrected chi connectivity index (χ1v) is 6.75. The lowest BCUT2D eigenvalue weighted by atomic mass is 10.1. The third kappa shape index (κ3) is 1.94. The summed E-state index contributed by atoms with van der Waals surface area (Å²) in [5.74, 6) is -0.392. The molecule has 1 unspecified atom stereocenters. The highest BCUT2D eigenvalue weighted by Crippen LogP contribution is 2.40. The number of benzene rings is 1. The van der Waals surface area contributed by atoms with Gasteiger partial charge in [0, 0.05) is 33.0 Å². The molecule has 0 saturated heterocycles. The first-order valence-electron chi connectivity index (χ1n) is 5.15. The number of fused-ring (bicyclic) bond motifs is 1. The molecular formula is C11H8BrN3O2S. The number of aliphatic hydroxyl groups is 1. The fourth-order valence-electron chi connectivity index (χ4n) is 1.73. The number of carbonyl (C=O) groups is 1. The van der Waals surface area contributed by atoms with Crippen molar-refractivity contribution in [1.29, 1.82) is 0 Å². The lowest BCUT2D eigenvalue weighted by molar-refractivity contribution is -0.123. The first-order chi connectivity index (χ1) is 8.65. The summed E-state index contributed by atoms with van der Waals surface area (Å²) in [4.78, 5) is 19.4. The Kier molecular flexibility index (Phi) is 2.89. The van der Waals surface area contributed by atoms with Crippen LogP contribution in [-0.2, 0) is 4.79 Å². The standard InChI is InChI=1S/C11H8BrN3O2S/c12-6-3-5-7(15-10(17)9(5)16)4-8(6)18-11-13-1-2-14-11/h1-4,9,16H,(H,13,14)(H,15,17). The zero-order valence-corrected chi connectivity index (χ0v) is 11.4. The summed E-state index contributed by atoms with van der Waals surface area (Å²) in [7, 11) is 0. The van der Waals surface area contributed by atoms with Gasteiger partial charge in [-0.05, 0) is 28.1 Å². The van der Waals surface area contributed by atoms with E-state index in [0.29, 0.717) is 11.3 Å². The summed E-state index contributed by atoms with van der Waals surface area (Å²) in [6.45, 7) is 0. The van der Waals surface area contributed by atoms with Gasteiger partial charge in [-0.25, -0.2) is 4.98 Å². The molecule has 5 nitrogen and oxygen atoms in total. The molecule has 2 aromatic rings. The molecule has 0 fully saturated rings. The van der Waals surface area contributed by atoms with E-state index in [1.165, 1.54) is 11.8 Å². The highest BCUT2D eigenvalue weighted by molar-refractivity contribution is 9.10. The van der Waals surface area contributed by atoms with Crippen molar-refractivity contribution in [2.45, 2.75) is 16.2 Å². The molecule has 92 valence electrons. The lowest BCUT2D eigenvalue weighted by Gasteiger charge is -2.06. The van der Waals surface area contributed by atoms with Crippen molar-refractivity contribution in [3.05, 3.63) is 34.6 Å². The van der Waals surface area contributed by atoms with E-state index in [9.17, 15) is 9.90 Å². The zero-order valence-electron chi connectivity index (χ0n) is 8.98. The van der Waals surface area contributed by atoms with Gasteiger partial charge in [-0.15, -0.1) is 0 Å². The van der Waals surface area contributed by atoms with Crippen molar-refractivity contribution in [3.63, 3.8) is 0 Å². The van der Waals surface area contributed by atoms with Crippen LogP contribution in [0.25, 0.3) is 0 Å². The van der Waals surface area contributed by atoms with E-state index in [2.05, 4.69) is 31.2 Å². The number of carbonyl (C=O) groups excluding carboxylic acids is 1. The van der Waals surface area contributed by atoms with E-state index in [1.54, 1.807) is 18.5 Å². The number of anilines is 1. The minimum absolute atomic E-state index is 0.392. The highest BCUT2D eigenvalue weighted by Gasteiger charge is 2.29. The van der Waals surface area contributed by atoms with Gasteiger partial charge in [-0.1, -0.05) is 11.8 Å². The lowest BCUT2D eigenvalue weighted by Crippen LogP contribution is -2.10. The molecule has 3 rings (SSSR count). The second kappa shape index (κ2) is 4.42. The second-order valence-electron chi connectivity index (χ2n) is 3.76. The molecule has 0 spiro atoms. The number of amides is 1. The number of halogens is 1. The minimum Gasteiger partial charge on any atom is -0.378 e. The molecule has 1 aromatic heterocycles. The molecule has 18 heavy (non-hydrogen) atoms. The molecule has 0 aliphatic carbocycles. The monoisotopic (exact) mass is 325 g/mol. The number of aliphatic hydroxyl groups excluding tert-OH is 1.